The summed E-state index contributed by atoms with van der Waals surface area (Å²) in [5.41, 5.74) is 0.493. The molecule has 0 aliphatic heterocycles. The largest absolute Gasteiger partial charge is 0.479 e. The highest BCUT2D eigenvalue weighted by molar-refractivity contribution is 5.83. The van der Waals surface area contributed by atoms with Crippen molar-refractivity contribution in [1.82, 2.24) is 25.8 Å². The van der Waals surface area contributed by atoms with E-state index in [4.69, 9.17) is 0 Å². The van der Waals surface area contributed by atoms with E-state index in [1.54, 1.807) is 37.3 Å². The molecule has 2 atom stereocenters. The fourth-order valence-electron chi connectivity index (χ4n) is 1.79. The second kappa shape index (κ2) is 6.51. The number of amides is 2. The molecule has 0 bridgehead atoms. The zero-order chi connectivity index (χ0) is 15.2. The number of hydrogen-bond donors (Lipinski definition) is 4. The molecule has 1 aromatic heterocycles. The number of aromatic amines is 1. The molecule has 2 aromatic rings. The molecule has 0 saturated heterocycles. The molecule has 1 heterocycles. The number of benzene rings is 1. The Morgan fingerprint density at radius 3 is 2.52 bits per heavy atom. The van der Waals surface area contributed by atoms with Gasteiger partial charge in [0.05, 0.1) is 6.04 Å². The number of H-pyrrole nitrogens is 1. The fourth-order valence-corrected chi connectivity index (χ4v) is 1.79. The summed E-state index contributed by atoms with van der Waals surface area (Å²) in [7, 11) is 0. The smallest absolute Gasteiger partial charge is 0.330 e. The number of nitrogens with zero attached hydrogens (tertiary/aromatic N) is 2. The average Bonchev–Trinajstić information content (AvgIpc) is 2.99. The van der Waals surface area contributed by atoms with Gasteiger partial charge in [-0.15, -0.1) is 0 Å². The summed E-state index contributed by atoms with van der Waals surface area (Å²) in [5.74, 6) is -0.652. The number of carbonyl (C=O) groups is 2. The first kappa shape index (κ1) is 14.5. The number of hydrogen-bond acceptors (Lipinski definition) is 4. The van der Waals surface area contributed by atoms with Crippen molar-refractivity contribution in [2.45, 2.75) is 19.0 Å². The lowest BCUT2D eigenvalue weighted by Crippen LogP contribution is -2.42. The number of carboxylic acids is 1. The number of urea groups is 1. The first-order valence-corrected chi connectivity index (χ1v) is 6.28. The molecule has 2 amide bonds. The molecule has 0 saturated carbocycles. The quantitative estimate of drug-likeness (QED) is 0.654. The van der Waals surface area contributed by atoms with E-state index in [-0.39, 0.29) is 0 Å². The molecule has 110 valence electrons. The molecule has 21 heavy (non-hydrogen) atoms. The Balaban J connectivity index is 2.01. The molecule has 0 radical (unpaired) electrons. The van der Waals surface area contributed by atoms with Gasteiger partial charge in [0.2, 0.25) is 0 Å². The van der Waals surface area contributed by atoms with E-state index in [9.17, 15) is 14.7 Å². The first-order valence-electron chi connectivity index (χ1n) is 6.28. The number of rotatable bonds is 5. The van der Waals surface area contributed by atoms with E-state index < -0.39 is 24.1 Å². The molecule has 4 N–H and O–H groups in total. The Hall–Kier alpha value is -2.90. The second-order valence-electron chi connectivity index (χ2n) is 4.39. The van der Waals surface area contributed by atoms with Crippen molar-refractivity contribution in [3.8, 4) is 0 Å². The molecule has 0 aliphatic carbocycles. The van der Waals surface area contributed by atoms with Gasteiger partial charge in [-0.3, -0.25) is 5.10 Å². The highest BCUT2D eigenvalue weighted by Crippen LogP contribution is 2.13. The molecular formula is C13H15N5O3. The first-order chi connectivity index (χ1) is 10.1. The van der Waals surface area contributed by atoms with Crippen LogP contribution in [0.15, 0.2) is 36.7 Å². The minimum Gasteiger partial charge on any atom is -0.479 e. The molecule has 0 aliphatic rings. The average molecular weight is 289 g/mol. The van der Waals surface area contributed by atoms with Crippen LogP contribution in [0.25, 0.3) is 0 Å². The summed E-state index contributed by atoms with van der Waals surface area (Å²) in [6.45, 7) is 1.71. The summed E-state index contributed by atoms with van der Waals surface area (Å²) in [6.07, 6.45) is 1.33. The van der Waals surface area contributed by atoms with E-state index in [0.717, 1.165) is 0 Å². The third kappa shape index (κ3) is 3.78. The molecule has 8 heteroatoms. The van der Waals surface area contributed by atoms with E-state index in [1.807, 2.05) is 0 Å². The van der Waals surface area contributed by atoms with Crippen LogP contribution < -0.4 is 10.6 Å². The van der Waals surface area contributed by atoms with Crippen LogP contribution in [0, 0.1) is 0 Å². The third-order valence-electron chi connectivity index (χ3n) is 2.85. The summed E-state index contributed by atoms with van der Waals surface area (Å²) in [4.78, 5) is 27.1. The van der Waals surface area contributed by atoms with Gasteiger partial charge in [-0.05, 0) is 12.5 Å². The third-order valence-corrected chi connectivity index (χ3v) is 2.85. The zero-order valence-corrected chi connectivity index (χ0v) is 11.3. The van der Waals surface area contributed by atoms with Crippen LogP contribution in [-0.4, -0.2) is 32.3 Å². The predicted octanol–water partition coefficient (Wildman–Crippen LogP) is 0.991. The lowest BCUT2D eigenvalue weighted by Gasteiger charge is -2.17. The summed E-state index contributed by atoms with van der Waals surface area (Å²) < 4.78 is 0. The molecular weight excluding hydrogens is 274 g/mol. The highest BCUT2D eigenvalue weighted by Gasteiger charge is 2.22. The van der Waals surface area contributed by atoms with Crippen molar-refractivity contribution in [3.63, 3.8) is 0 Å². The summed E-state index contributed by atoms with van der Waals surface area (Å²) >= 11 is 0. The van der Waals surface area contributed by atoms with Gasteiger partial charge in [-0.25, -0.2) is 14.6 Å². The van der Waals surface area contributed by atoms with Gasteiger partial charge in [0.1, 0.15) is 12.2 Å². The van der Waals surface area contributed by atoms with Crippen LogP contribution >= 0.6 is 0 Å². The molecule has 0 fully saturated rings. The van der Waals surface area contributed by atoms with E-state index >= 15 is 0 Å². The van der Waals surface area contributed by atoms with Gasteiger partial charge >= 0.3 is 12.0 Å². The van der Waals surface area contributed by atoms with Gasteiger partial charge in [0.15, 0.2) is 6.04 Å². The monoisotopic (exact) mass is 289 g/mol. The Bertz CT molecular complexity index is 600. The molecule has 8 nitrogen and oxygen atoms in total. The van der Waals surface area contributed by atoms with Crippen molar-refractivity contribution in [2.24, 2.45) is 0 Å². The Labute approximate surface area is 120 Å². The van der Waals surface area contributed by atoms with Crippen molar-refractivity contribution in [2.75, 3.05) is 0 Å². The van der Waals surface area contributed by atoms with Gasteiger partial charge < -0.3 is 15.7 Å². The van der Waals surface area contributed by atoms with Gasteiger partial charge in [0.25, 0.3) is 0 Å². The van der Waals surface area contributed by atoms with Crippen molar-refractivity contribution in [3.05, 3.63) is 48.0 Å². The minimum atomic E-state index is -1.14. The van der Waals surface area contributed by atoms with Crippen LogP contribution in [0.1, 0.15) is 30.4 Å². The number of aromatic nitrogens is 3. The maximum absolute atomic E-state index is 11.9. The van der Waals surface area contributed by atoms with Crippen LogP contribution in [0.2, 0.25) is 0 Å². The van der Waals surface area contributed by atoms with Crippen molar-refractivity contribution in [1.29, 1.82) is 0 Å². The maximum atomic E-state index is 11.9. The van der Waals surface area contributed by atoms with Crippen molar-refractivity contribution >= 4 is 12.0 Å². The number of carboxylic acid groups (broad SMARTS) is 1. The normalized spacial score (nSPS) is 13.2. The molecule has 1 unspecified atom stereocenters. The fraction of sp³-hybridized carbons (Fsp3) is 0.231. The van der Waals surface area contributed by atoms with Gasteiger partial charge in [-0.2, -0.15) is 5.10 Å². The van der Waals surface area contributed by atoms with Gasteiger partial charge in [-0.1, -0.05) is 30.3 Å². The van der Waals surface area contributed by atoms with Crippen LogP contribution in [0.4, 0.5) is 4.79 Å². The van der Waals surface area contributed by atoms with Crippen LogP contribution in [-0.2, 0) is 4.79 Å². The lowest BCUT2D eigenvalue weighted by molar-refractivity contribution is -0.139. The number of nitrogens with one attached hydrogen (secondary N) is 3. The standard InChI is InChI=1S/C13H15N5O3/c1-8(11-14-7-15-18-11)16-13(21)17-10(12(19)20)9-5-3-2-4-6-9/h2-8,10H,1H3,(H,19,20)(H,14,15,18)(H2,16,17,21)/t8?,10-/m0/s1. The zero-order valence-electron chi connectivity index (χ0n) is 11.3. The van der Waals surface area contributed by atoms with E-state index in [2.05, 4.69) is 25.8 Å². The minimum absolute atomic E-state index is 0.419. The Kier molecular flexibility index (Phi) is 4.50. The van der Waals surface area contributed by atoms with Crippen LogP contribution in [0.3, 0.4) is 0 Å². The lowest BCUT2D eigenvalue weighted by atomic mass is 10.1. The molecule has 2 rings (SSSR count). The Morgan fingerprint density at radius 1 is 1.24 bits per heavy atom. The topological polar surface area (TPSA) is 120 Å². The number of carbonyl (C=O) groups excluding carboxylic acids is 1. The number of aliphatic carboxylic acids is 1. The highest BCUT2D eigenvalue weighted by atomic mass is 16.4. The predicted molar refractivity (Wildman–Crippen MR) is 73.3 cm³/mol. The maximum Gasteiger partial charge on any atom is 0.330 e. The second-order valence-corrected chi connectivity index (χ2v) is 4.39. The summed E-state index contributed by atoms with van der Waals surface area (Å²) in [5, 5.41) is 20.5. The molecule has 1 aromatic carbocycles. The Morgan fingerprint density at radius 2 is 1.95 bits per heavy atom. The van der Waals surface area contributed by atoms with Crippen molar-refractivity contribution < 1.29 is 14.7 Å². The SMILES string of the molecule is CC(NC(=O)N[C@H](C(=O)O)c1ccccc1)c1ncn[nH]1. The van der Waals surface area contributed by atoms with E-state index in [1.165, 1.54) is 6.33 Å². The van der Waals surface area contributed by atoms with Crippen LogP contribution in [0.5, 0.6) is 0 Å². The van der Waals surface area contributed by atoms with E-state index in [0.29, 0.717) is 11.4 Å². The molecule has 0 spiro atoms. The van der Waals surface area contributed by atoms with Gasteiger partial charge in [0, 0.05) is 0 Å². The summed E-state index contributed by atoms with van der Waals surface area (Å²) in [6, 6.07) is 6.33.